The lowest BCUT2D eigenvalue weighted by atomic mass is 10.0. The molecule has 1 unspecified atom stereocenters. The molecule has 3 amide bonds. The van der Waals surface area contributed by atoms with Crippen molar-refractivity contribution in [3.05, 3.63) is 34.9 Å². The second-order valence-electron chi connectivity index (χ2n) is 7.11. The van der Waals surface area contributed by atoms with Crippen LogP contribution in [0.3, 0.4) is 0 Å². The molecule has 25 heavy (non-hydrogen) atoms. The van der Waals surface area contributed by atoms with E-state index in [0.717, 1.165) is 11.1 Å². The third-order valence-corrected chi connectivity index (χ3v) is 5.08. The fraction of sp³-hybridized carbons (Fsp3) is 0.526. The van der Waals surface area contributed by atoms with Crippen LogP contribution in [0.5, 0.6) is 0 Å². The van der Waals surface area contributed by atoms with Crippen molar-refractivity contribution in [1.29, 1.82) is 0 Å². The molecule has 134 valence electrons. The van der Waals surface area contributed by atoms with Crippen LogP contribution in [0.2, 0.25) is 0 Å². The Hall–Kier alpha value is -2.21. The van der Waals surface area contributed by atoms with Gasteiger partial charge in [-0.15, -0.1) is 0 Å². The summed E-state index contributed by atoms with van der Waals surface area (Å²) in [7, 11) is 0. The Morgan fingerprint density at radius 1 is 1.12 bits per heavy atom. The number of nitrogens with two attached hydrogens (primary N) is 1. The molecule has 2 heterocycles. The average molecular weight is 343 g/mol. The summed E-state index contributed by atoms with van der Waals surface area (Å²) in [6, 6.07) is 5.69. The highest BCUT2D eigenvalue weighted by Gasteiger charge is 2.38. The molecule has 1 saturated heterocycles. The van der Waals surface area contributed by atoms with Crippen LogP contribution in [0.1, 0.15) is 60.0 Å². The molecule has 0 spiro atoms. The van der Waals surface area contributed by atoms with E-state index < -0.39 is 6.04 Å². The average Bonchev–Trinajstić information content (AvgIpc) is 3.15. The fourth-order valence-electron chi connectivity index (χ4n) is 3.66. The number of hydrogen-bond acceptors (Lipinski definition) is 4. The van der Waals surface area contributed by atoms with E-state index in [1.807, 2.05) is 19.1 Å². The van der Waals surface area contributed by atoms with E-state index >= 15 is 0 Å². The van der Waals surface area contributed by atoms with Gasteiger partial charge in [0.1, 0.15) is 6.04 Å². The topological polar surface area (TPSA) is 92.5 Å². The molecule has 4 rings (SSSR count). The highest BCUT2D eigenvalue weighted by molar-refractivity contribution is 6.05. The predicted octanol–water partition coefficient (Wildman–Crippen LogP) is 1.64. The number of rotatable bonds is 1. The summed E-state index contributed by atoms with van der Waals surface area (Å²) < 4.78 is 0. The zero-order valence-corrected chi connectivity index (χ0v) is 14.6. The van der Waals surface area contributed by atoms with Gasteiger partial charge in [0.05, 0.1) is 0 Å². The van der Waals surface area contributed by atoms with Crippen molar-refractivity contribution >= 4 is 17.7 Å². The molecule has 3 aliphatic rings. The molecule has 1 atom stereocenters. The third kappa shape index (κ3) is 3.90. The van der Waals surface area contributed by atoms with Gasteiger partial charge in [-0.05, 0) is 37.8 Å². The molecule has 1 saturated carbocycles. The van der Waals surface area contributed by atoms with E-state index in [1.165, 1.54) is 25.7 Å². The Morgan fingerprint density at radius 2 is 1.84 bits per heavy atom. The Morgan fingerprint density at radius 3 is 2.44 bits per heavy atom. The number of amides is 3. The minimum atomic E-state index is -0.530. The first-order valence-electron chi connectivity index (χ1n) is 8.95. The normalized spacial score (nSPS) is 23.2. The molecular weight excluding hydrogens is 318 g/mol. The first-order valence-corrected chi connectivity index (χ1v) is 8.95. The monoisotopic (exact) mass is 343 g/mol. The van der Waals surface area contributed by atoms with Crippen LogP contribution in [0.15, 0.2) is 18.2 Å². The van der Waals surface area contributed by atoms with Gasteiger partial charge in [-0.25, -0.2) is 0 Å². The van der Waals surface area contributed by atoms with Crippen molar-refractivity contribution in [1.82, 2.24) is 10.2 Å². The Balaban J connectivity index is 0.000000258. The van der Waals surface area contributed by atoms with E-state index in [1.54, 1.807) is 11.0 Å². The minimum absolute atomic E-state index is 0.121. The van der Waals surface area contributed by atoms with Gasteiger partial charge in [-0.1, -0.05) is 30.5 Å². The van der Waals surface area contributed by atoms with E-state index in [2.05, 4.69) is 5.32 Å². The number of imide groups is 1. The smallest absolute Gasteiger partial charge is 0.255 e. The molecule has 0 radical (unpaired) electrons. The van der Waals surface area contributed by atoms with Crippen molar-refractivity contribution in [3.63, 3.8) is 0 Å². The maximum atomic E-state index is 12.3. The van der Waals surface area contributed by atoms with Crippen molar-refractivity contribution in [2.24, 2.45) is 5.73 Å². The van der Waals surface area contributed by atoms with Crippen LogP contribution in [-0.4, -0.2) is 34.7 Å². The summed E-state index contributed by atoms with van der Waals surface area (Å²) in [4.78, 5) is 36.8. The quantitative estimate of drug-likeness (QED) is 0.758. The predicted molar refractivity (Wildman–Crippen MR) is 93.7 cm³/mol. The first-order chi connectivity index (χ1) is 12.0. The van der Waals surface area contributed by atoms with E-state index in [0.29, 0.717) is 24.6 Å². The zero-order valence-electron chi connectivity index (χ0n) is 14.6. The Bertz CT molecular complexity index is 695. The lowest BCUT2D eigenvalue weighted by Crippen LogP contribution is -2.52. The zero-order chi connectivity index (χ0) is 18.0. The van der Waals surface area contributed by atoms with E-state index in [-0.39, 0.29) is 24.1 Å². The van der Waals surface area contributed by atoms with Gasteiger partial charge in [0.2, 0.25) is 11.8 Å². The Kier molecular flexibility index (Phi) is 5.18. The molecular formula is C19H25N3O3. The van der Waals surface area contributed by atoms with Crippen LogP contribution in [0, 0.1) is 6.92 Å². The lowest BCUT2D eigenvalue weighted by molar-refractivity contribution is -0.136. The number of nitrogens with zero attached hydrogens (tertiary/aromatic N) is 1. The number of nitrogens with one attached hydrogen (secondary N) is 1. The molecule has 1 aromatic rings. The largest absolute Gasteiger partial charge is 0.328 e. The Labute approximate surface area is 147 Å². The summed E-state index contributed by atoms with van der Waals surface area (Å²) in [6.07, 6.45) is 5.95. The number of carbonyl (C=O) groups excluding carboxylic acids is 3. The molecule has 0 bridgehead atoms. The van der Waals surface area contributed by atoms with Crippen LogP contribution >= 0.6 is 0 Å². The summed E-state index contributed by atoms with van der Waals surface area (Å²) >= 11 is 0. The van der Waals surface area contributed by atoms with Gasteiger partial charge in [-0.2, -0.15) is 0 Å². The van der Waals surface area contributed by atoms with Crippen molar-refractivity contribution in [2.75, 3.05) is 0 Å². The van der Waals surface area contributed by atoms with Gasteiger partial charge in [-0.3, -0.25) is 19.7 Å². The SMILES string of the molecule is Cc1ccc2c(c1)CN(C1CCC(=O)NC1=O)C2=O.NC1CCCC1. The molecule has 2 aliphatic heterocycles. The summed E-state index contributed by atoms with van der Waals surface area (Å²) in [5.74, 6) is -0.750. The highest BCUT2D eigenvalue weighted by Crippen LogP contribution is 2.27. The molecule has 2 fully saturated rings. The van der Waals surface area contributed by atoms with Crippen LogP contribution < -0.4 is 11.1 Å². The van der Waals surface area contributed by atoms with Crippen LogP contribution in [0.4, 0.5) is 0 Å². The molecule has 1 aromatic carbocycles. The molecule has 1 aliphatic carbocycles. The number of piperidine rings is 1. The first kappa shape index (κ1) is 17.6. The minimum Gasteiger partial charge on any atom is -0.328 e. The maximum absolute atomic E-state index is 12.3. The fourth-order valence-corrected chi connectivity index (χ4v) is 3.66. The van der Waals surface area contributed by atoms with Gasteiger partial charge >= 0.3 is 0 Å². The number of fused-ring (bicyclic) bond motifs is 1. The molecule has 6 heteroatoms. The summed E-state index contributed by atoms with van der Waals surface area (Å²) in [5.41, 5.74) is 8.24. The second-order valence-corrected chi connectivity index (χ2v) is 7.11. The van der Waals surface area contributed by atoms with Gasteiger partial charge in [0.15, 0.2) is 0 Å². The number of hydrogen-bond donors (Lipinski definition) is 2. The standard InChI is InChI=1S/C14H14N2O3.C5H11N/c1-8-2-3-10-9(6-8)7-16(14(10)19)11-4-5-12(17)15-13(11)18;6-5-3-1-2-4-5/h2-3,6,11H,4-5,7H2,1H3,(H,15,17,18);5H,1-4,6H2. The lowest BCUT2D eigenvalue weighted by Gasteiger charge is -2.29. The van der Waals surface area contributed by atoms with E-state index in [4.69, 9.17) is 5.73 Å². The van der Waals surface area contributed by atoms with Gasteiger partial charge in [0, 0.05) is 24.6 Å². The van der Waals surface area contributed by atoms with Crippen molar-refractivity contribution < 1.29 is 14.4 Å². The number of carbonyl (C=O) groups is 3. The molecule has 0 aromatic heterocycles. The van der Waals surface area contributed by atoms with Crippen molar-refractivity contribution in [2.45, 2.75) is 64.1 Å². The number of benzene rings is 1. The number of aryl methyl sites for hydroxylation is 1. The molecule has 6 nitrogen and oxygen atoms in total. The van der Waals surface area contributed by atoms with Gasteiger partial charge < -0.3 is 10.6 Å². The van der Waals surface area contributed by atoms with Crippen LogP contribution in [-0.2, 0) is 16.1 Å². The summed E-state index contributed by atoms with van der Waals surface area (Å²) in [6.45, 7) is 2.42. The molecule has 3 N–H and O–H groups in total. The van der Waals surface area contributed by atoms with Gasteiger partial charge in [0.25, 0.3) is 5.91 Å². The third-order valence-electron chi connectivity index (χ3n) is 5.08. The van der Waals surface area contributed by atoms with Crippen LogP contribution in [0.25, 0.3) is 0 Å². The second kappa shape index (κ2) is 7.35. The maximum Gasteiger partial charge on any atom is 0.255 e. The van der Waals surface area contributed by atoms with E-state index in [9.17, 15) is 14.4 Å². The highest BCUT2D eigenvalue weighted by atomic mass is 16.2. The summed E-state index contributed by atoms with van der Waals surface area (Å²) in [5, 5.41) is 2.29. The van der Waals surface area contributed by atoms with Crippen molar-refractivity contribution in [3.8, 4) is 0 Å².